The van der Waals surface area contributed by atoms with E-state index in [2.05, 4.69) is 24.3 Å². The molecule has 2 aromatic rings. The summed E-state index contributed by atoms with van der Waals surface area (Å²) >= 11 is 5.97. The molecule has 0 saturated heterocycles. The molecule has 2 atom stereocenters. The molecule has 35 heavy (non-hydrogen) atoms. The number of carbonyl (C=O) groups excluding carboxylic acids is 2. The Balaban J connectivity index is 1.27. The van der Waals surface area contributed by atoms with Gasteiger partial charge in [0.1, 0.15) is 11.5 Å². The number of hydrogen-bond donors (Lipinski definition) is 2. The van der Waals surface area contributed by atoms with Gasteiger partial charge in [0.15, 0.2) is 0 Å². The lowest BCUT2D eigenvalue weighted by atomic mass is 9.43. The molecular formula is C26H31ClFN5O2. The van der Waals surface area contributed by atoms with Crippen molar-refractivity contribution in [2.24, 2.45) is 22.5 Å². The number of nitrogens with one attached hydrogen (secondary N) is 1. The number of carbonyl (C=O) groups is 2. The molecule has 7 nitrogen and oxygen atoms in total. The summed E-state index contributed by atoms with van der Waals surface area (Å²) in [7, 11) is 0. The van der Waals surface area contributed by atoms with Crippen molar-refractivity contribution < 1.29 is 14.0 Å². The van der Waals surface area contributed by atoms with Crippen LogP contribution in [0.2, 0.25) is 5.02 Å². The van der Waals surface area contributed by atoms with Crippen LogP contribution in [0, 0.1) is 22.6 Å². The fourth-order valence-corrected chi connectivity index (χ4v) is 8.67. The molecule has 1 aromatic carbocycles. The maximum absolute atomic E-state index is 13.7. The molecule has 1 aromatic heterocycles. The van der Waals surface area contributed by atoms with Gasteiger partial charge < -0.3 is 16.0 Å². The highest BCUT2D eigenvalue weighted by molar-refractivity contribution is 6.31. The summed E-state index contributed by atoms with van der Waals surface area (Å²) in [6, 6.07) is 4.12. The van der Waals surface area contributed by atoms with Gasteiger partial charge in [0.25, 0.3) is 5.91 Å². The minimum atomic E-state index is -0.633. The third-order valence-electron chi connectivity index (χ3n) is 8.71. The van der Waals surface area contributed by atoms with E-state index in [1.54, 1.807) is 9.58 Å². The molecule has 2 unspecified atom stereocenters. The number of halogens is 2. The smallest absolute Gasteiger partial charge is 0.318 e. The normalized spacial score (nSPS) is 33.0. The second-order valence-corrected chi connectivity index (χ2v) is 12.6. The second kappa shape index (κ2) is 7.45. The first kappa shape index (κ1) is 22.8. The number of nitrogens with zero attached hydrogens (tertiary/aromatic N) is 3. The van der Waals surface area contributed by atoms with Gasteiger partial charge in [-0.25, -0.2) is 9.18 Å². The first-order valence-electron chi connectivity index (χ1n) is 12.4. The van der Waals surface area contributed by atoms with Crippen LogP contribution in [0.15, 0.2) is 18.2 Å². The topological polar surface area (TPSA) is 93.2 Å². The zero-order chi connectivity index (χ0) is 24.8. The minimum absolute atomic E-state index is 0.0529. The Morgan fingerprint density at radius 2 is 1.86 bits per heavy atom. The number of amides is 3. The summed E-state index contributed by atoms with van der Waals surface area (Å²) < 4.78 is 15.4. The number of rotatable bonds is 3. The Morgan fingerprint density at radius 3 is 2.49 bits per heavy atom. The van der Waals surface area contributed by atoms with Crippen molar-refractivity contribution in [2.45, 2.75) is 71.0 Å². The lowest BCUT2D eigenvalue weighted by molar-refractivity contribution is -0.114. The number of fused-ring (bicyclic) bond motifs is 1. The molecule has 186 valence electrons. The monoisotopic (exact) mass is 499 g/mol. The van der Waals surface area contributed by atoms with Crippen LogP contribution in [0.5, 0.6) is 0 Å². The van der Waals surface area contributed by atoms with Crippen LogP contribution in [-0.2, 0) is 13.1 Å². The zero-order valence-corrected chi connectivity index (χ0v) is 20.9. The van der Waals surface area contributed by atoms with Crippen LogP contribution in [0.25, 0.3) is 11.3 Å². The molecular weight excluding hydrogens is 469 g/mol. The largest absolute Gasteiger partial charge is 0.365 e. The molecule has 4 bridgehead atoms. The van der Waals surface area contributed by atoms with E-state index in [9.17, 15) is 14.0 Å². The van der Waals surface area contributed by atoms with Crippen LogP contribution >= 0.6 is 11.6 Å². The highest BCUT2D eigenvalue weighted by atomic mass is 35.5. The van der Waals surface area contributed by atoms with Gasteiger partial charge in [0, 0.05) is 17.6 Å². The van der Waals surface area contributed by atoms with E-state index in [0.29, 0.717) is 46.8 Å². The predicted molar refractivity (Wildman–Crippen MR) is 130 cm³/mol. The summed E-state index contributed by atoms with van der Waals surface area (Å²) in [4.78, 5) is 27.8. The van der Waals surface area contributed by atoms with Crippen LogP contribution < -0.4 is 11.1 Å². The zero-order valence-electron chi connectivity index (χ0n) is 20.2. The Bertz CT molecular complexity index is 1240. The molecule has 4 saturated carbocycles. The molecule has 2 heterocycles. The van der Waals surface area contributed by atoms with Gasteiger partial charge in [-0.3, -0.25) is 9.48 Å². The van der Waals surface area contributed by atoms with Crippen LogP contribution in [0.3, 0.4) is 0 Å². The van der Waals surface area contributed by atoms with Crippen molar-refractivity contribution >= 4 is 23.5 Å². The van der Waals surface area contributed by atoms with Crippen molar-refractivity contribution in [1.29, 1.82) is 0 Å². The van der Waals surface area contributed by atoms with E-state index in [0.717, 1.165) is 19.3 Å². The summed E-state index contributed by atoms with van der Waals surface area (Å²) in [6.07, 6.45) is 6.90. The number of nitrogens with two attached hydrogens (primary N) is 1. The summed E-state index contributed by atoms with van der Waals surface area (Å²) in [5.41, 5.74) is 7.92. The number of aromatic nitrogens is 2. The minimum Gasteiger partial charge on any atom is -0.365 e. The van der Waals surface area contributed by atoms with Gasteiger partial charge in [-0.2, -0.15) is 5.10 Å². The van der Waals surface area contributed by atoms with E-state index in [1.807, 2.05) is 0 Å². The second-order valence-electron chi connectivity index (χ2n) is 12.1. The highest BCUT2D eigenvalue weighted by Gasteiger charge is 2.60. The lowest BCUT2D eigenvalue weighted by Crippen LogP contribution is -2.66. The SMILES string of the molecule is CC12CC3CC(C)(C1)CC(NC(=O)N1CCn4nc(-c5ccc(F)c(Cl)c5)c(C(N)=O)c4C1)(C3)C2. The summed E-state index contributed by atoms with van der Waals surface area (Å²) in [5.74, 6) is -0.503. The van der Waals surface area contributed by atoms with Gasteiger partial charge in [0.2, 0.25) is 0 Å². The first-order valence-corrected chi connectivity index (χ1v) is 12.8. The third kappa shape index (κ3) is 3.72. The lowest BCUT2D eigenvalue weighted by Gasteiger charge is -2.65. The van der Waals surface area contributed by atoms with E-state index in [1.165, 1.54) is 37.5 Å². The first-order chi connectivity index (χ1) is 16.5. The fourth-order valence-electron chi connectivity index (χ4n) is 8.49. The van der Waals surface area contributed by atoms with E-state index >= 15 is 0 Å². The van der Waals surface area contributed by atoms with E-state index < -0.39 is 11.7 Å². The Hall–Kier alpha value is -2.61. The van der Waals surface area contributed by atoms with Crippen molar-refractivity contribution in [3.63, 3.8) is 0 Å². The quantitative estimate of drug-likeness (QED) is 0.640. The molecule has 4 aliphatic carbocycles. The fraction of sp³-hybridized carbons (Fsp3) is 0.577. The maximum Gasteiger partial charge on any atom is 0.318 e. The number of hydrogen-bond acceptors (Lipinski definition) is 3. The van der Waals surface area contributed by atoms with Gasteiger partial charge in [0.05, 0.1) is 29.4 Å². The van der Waals surface area contributed by atoms with Crippen molar-refractivity contribution in [1.82, 2.24) is 20.0 Å². The average Bonchev–Trinajstić information content (AvgIpc) is 3.11. The van der Waals surface area contributed by atoms with E-state index in [-0.39, 0.29) is 28.7 Å². The number of urea groups is 1. The van der Waals surface area contributed by atoms with Gasteiger partial charge in [-0.05, 0) is 73.5 Å². The molecule has 7 rings (SSSR count). The Labute approximate surface area is 209 Å². The van der Waals surface area contributed by atoms with E-state index in [4.69, 9.17) is 17.3 Å². The van der Waals surface area contributed by atoms with Crippen molar-refractivity contribution in [3.8, 4) is 11.3 Å². The van der Waals surface area contributed by atoms with Crippen molar-refractivity contribution in [3.05, 3.63) is 40.3 Å². The molecule has 9 heteroatoms. The number of primary amides is 1. The van der Waals surface area contributed by atoms with Crippen LogP contribution in [-0.4, -0.2) is 38.7 Å². The molecule has 3 amide bonds. The Morgan fingerprint density at radius 1 is 1.14 bits per heavy atom. The van der Waals surface area contributed by atoms with Crippen LogP contribution in [0.4, 0.5) is 9.18 Å². The van der Waals surface area contributed by atoms with Gasteiger partial charge >= 0.3 is 6.03 Å². The van der Waals surface area contributed by atoms with Crippen molar-refractivity contribution in [2.75, 3.05) is 6.54 Å². The standard InChI is InChI=1S/C26H31ClFN5O2/c1-24-8-15-9-25(2,12-24)14-26(10-15,13-24)30-23(35)32-5-6-33-19(11-32)20(22(29)34)21(31-33)16-3-4-18(28)17(27)7-16/h3-4,7,15H,5-6,8-14H2,1-2H3,(H2,29,34)(H,30,35). The molecule has 5 aliphatic rings. The molecule has 0 radical (unpaired) electrons. The molecule has 3 N–H and O–H groups in total. The van der Waals surface area contributed by atoms with Gasteiger partial charge in [-0.15, -0.1) is 0 Å². The Kier molecular flexibility index (Phi) is 4.86. The average molecular weight is 500 g/mol. The predicted octanol–water partition coefficient (Wildman–Crippen LogP) is 4.72. The van der Waals surface area contributed by atoms with Crippen LogP contribution in [0.1, 0.15) is 68.4 Å². The maximum atomic E-state index is 13.7. The number of benzene rings is 1. The summed E-state index contributed by atoms with van der Waals surface area (Å²) in [6.45, 7) is 5.94. The molecule has 4 fully saturated rings. The molecule has 0 spiro atoms. The summed E-state index contributed by atoms with van der Waals surface area (Å²) in [5, 5.41) is 7.99. The third-order valence-corrected chi connectivity index (χ3v) is 8.99. The van der Waals surface area contributed by atoms with Gasteiger partial charge in [-0.1, -0.05) is 25.4 Å². The highest BCUT2D eigenvalue weighted by Crippen LogP contribution is 2.66. The molecule has 1 aliphatic heterocycles.